The van der Waals surface area contributed by atoms with Gasteiger partial charge in [0.25, 0.3) is 0 Å². The maximum Gasteiger partial charge on any atom is 0.138 e. The highest BCUT2D eigenvalue weighted by molar-refractivity contribution is 7.36. The van der Waals surface area contributed by atoms with Crippen LogP contribution in [0.15, 0.2) is 133 Å². The first-order valence-electron chi connectivity index (χ1n) is 15.2. The average molecular weight is 625 g/mol. The summed E-state index contributed by atoms with van der Waals surface area (Å²) < 4.78 is 5.37. The molecule has 0 amide bonds. The fraction of sp³-hybridized carbons (Fsp3) is 0. The Kier molecular flexibility index (Phi) is 5.58. The summed E-state index contributed by atoms with van der Waals surface area (Å²) in [5.74, 6) is 1.79. The van der Waals surface area contributed by atoms with E-state index in [0.717, 1.165) is 44.8 Å². The predicted octanol–water partition coefficient (Wildman–Crippen LogP) is 11.7. The Morgan fingerprint density at radius 2 is 0.826 bits per heavy atom. The number of nitrogens with zero attached hydrogens (tertiary/aromatic N) is 2. The van der Waals surface area contributed by atoms with Crippen molar-refractivity contribution in [1.29, 1.82) is 0 Å². The molecule has 0 aliphatic carbocycles. The maximum atomic E-state index is 4.81. The number of aromatic amines is 2. The summed E-state index contributed by atoms with van der Waals surface area (Å²) in [4.78, 5) is 16.6. The minimum Gasteiger partial charge on any atom is -0.338 e. The zero-order chi connectivity index (χ0) is 30.2. The number of hydrogen-bond acceptors (Lipinski definition) is 4. The van der Waals surface area contributed by atoms with Crippen LogP contribution in [0.1, 0.15) is 0 Å². The zero-order valence-electron chi connectivity index (χ0n) is 24.4. The van der Waals surface area contributed by atoms with Crippen molar-refractivity contribution in [3.63, 3.8) is 0 Å². The molecule has 4 nitrogen and oxygen atoms in total. The monoisotopic (exact) mass is 624 g/mol. The second-order valence-electron chi connectivity index (χ2n) is 11.7. The normalized spacial score (nSPS) is 11.9. The average Bonchev–Trinajstić information content (AvgIpc) is 3.89. The number of imidazole rings is 2. The van der Waals surface area contributed by atoms with Gasteiger partial charge in [0, 0.05) is 31.3 Å². The van der Waals surface area contributed by atoms with E-state index in [4.69, 9.17) is 9.97 Å². The third-order valence-electron chi connectivity index (χ3n) is 8.80. The van der Waals surface area contributed by atoms with Crippen molar-refractivity contribution in [3.05, 3.63) is 133 Å². The van der Waals surface area contributed by atoms with Crippen molar-refractivity contribution in [2.24, 2.45) is 0 Å². The van der Waals surface area contributed by atoms with Gasteiger partial charge in [0.15, 0.2) is 0 Å². The highest BCUT2D eigenvalue weighted by Crippen LogP contribution is 2.46. The highest BCUT2D eigenvalue weighted by Gasteiger charge is 2.15. The molecule has 0 bridgehead atoms. The number of aromatic nitrogens is 4. The smallest absolute Gasteiger partial charge is 0.138 e. The quantitative estimate of drug-likeness (QED) is 0.205. The molecule has 4 aromatic heterocycles. The van der Waals surface area contributed by atoms with Gasteiger partial charge in [-0.05, 0) is 70.8 Å². The van der Waals surface area contributed by atoms with Crippen LogP contribution >= 0.6 is 22.7 Å². The lowest BCUT2D eigenvalue weighted by Gasteiger charge is -2.05. The topological polar surface area (TPSA) is 57.4 Å². The predicted molar refractivity (Wildman–Crippen MR) is 196 cm³/mol. The van der Waals surface area contributed by atoms with Gasteiger partial charge in [-0.25, -0.2) is 9.97 Å². The van der Waals surface area contributed by atoms with Crippen LogP contribution in [-0.4, -0.2) is 19.9 Å². The number of fused-ring (bicyclic) bond motifs is 7. The van der Waals surface area contributed by atoms with Crippen LogP contribution in [0.5, 0.6) is 0 Å². The minimum absolute atomic E-state index is 0.896. The highest BCUT2D eigenvalue weighted by atomic mass is 32.1. The molecule has 4 heterocycles. The Morgan fingerprint density at radius 1 is 0.391 bits per heavy atom. The van der Waals surface area contributed by atoms with E-state index in [9.17, 15) is 0 Å². The molecule has 6 heteroatoms. The van der Waals surface area contributed by atoms with Gasteiger partial charge in [-0.1, -0.05) is 84.9 Å². The second kappa shape index (κ2) is 9.97. The minimum atomic E-state index is 0.896. The molecule has 0 spiro atoms. The van der Waals surface area contributed by atoms with Crippen molar-refractivity contribution in [2.75, 3.05) is 0 Å². The molecule has 46 heavy (non-hydrogen) atoms. The van der Waals surface area contributed by atoms with Gasteiger partial charge in [0.05, 0.1) is 31.5 Å². The Labute approximate surface area is 271 Å². The molecule has 10 aromatic rings. The fourth-order valence-electron chi connectivity index (χ4n) is 6.49. The molecule has 0 aliphatic heterocycles. The van der Waals surface area contributed by atoms with E-state index in [1.54, 1.807) is 0 Å². The van der Waals surface area contributed by atoms with Crippen molar-refractivity contribution in [2.45, 2.75) is 0 Å². The van der Waals surface area contributed by atoms with E-state index < -0.39 is 0 Å². The number of hydrogen-bond donors (Lipinski definition) is 2. The SMILES string of the molecule is c1cc(-c2ccc3c(c2)sc2c4ccc(-c5cccc(-c6nc7ccccc7[nH]6)c5)cc4sc32)cc(-c2nc3ccccc3[nH]2)c1. The number of nitrogens with one attached hydrogen (secondary N) is 2. The summed E-state index contributed by atoms with van der Waals surface area (Å²) in [6.07, 6.45) is 0. The molecule has 6 aromatic carbocycles. The molecule has 0 saturated heterocycles. The molecule has 0 atom stereocenters. The Morgan fingerprint density at radius 3 is 1.30 bits per heavy atom. The third kappa shape index (κ3) is 4.11. The van der Waals surface area contributed by atoms with Crippen molar-refractivity contribution >= 4 is 74.3 Å². The van der Waals surface area contributed by atoms with Gasteiger partial charge >= 0.3 is 0 Å². The summed E-state index contributed by atoms with van der Waals surface area (Å²) in [5.41, 5.74) is 11.1. The van der Waals surface area contributed by atoms with Crippen molar-refractivity contribution in [3.8, 4) is 45.0 Å². The fourth-order valence-corrected chi connectivity index (χ4v) is 9.22. The number of benzene rings is 6. The molecule has 216 valence electrons. The van der Waals surface area contributed by atoms with Crippen LogP contribution < -0.4 is 0 Å². The molecule has 0 fully saturated rings. The summed E-state index contributed by atoms with van der Waals surface area (Å²) in [7, 11) is 0. The zero-order valence-corrected chi connectivity index (χ0v) is 26.0. The lowest BCUT2D eigenvalue weighted by atomic mass is 10.0. The summed E-state index contributed by atoms with van der Waals surface area (Å²) in [5, 5.41) is 2.65. The second-order valence-corrected chi connectivity index (χ2v) is 13.8. The maximum absolute atomic E-state index is 4.81. The van der Waals surface area contributed by atoms with E-state index in [0.29, 0.717) is 0 Å². The van der Waals surface area contributed by atoms with Gasteiger partial charge in [-0.2, -0.15) is 0 Å². The van der Waals surface area contributed by atoms with Crippen molar-refractivity contribution < 1.29 is 0 Å². The molecule has 0 unspecified atom stereocenters. The van der Waals surface area contributed by atoms with Crippen LogP contribution in [0.3, 0.4) is 0 Å². The van der Waals surface area contributed by atoms with Gasteiger partial charge < -0.3 is 9.97 Å². The van der Waals surface area contributed by atoms with Crippen molar-refractivity contribution in [1.82, 2.24) is 19.9 Å². The summed E-state index contributed by atoms with van der Waals surface area (Å²) in [6, 6.07) is 47.4. The number of H-pyrrole nitrogens is 2. The van der Waals surface area contributed by atoms with Gasteiger partial charge in [-0.15, -0.1) is 22.7 Å². The van der Waals surface area contributed by atoms with Gasteiger partial charge in [-0.3, -0.25) is 0 Å². The summed E-state index contributed by atoms with van der Waals surface area (Å²) in [6.45, 7) is 0. The Bertz CT molecular complexity index is 2520. The van der Waals surface area contributed by atoms with E-state index >= 15 is 0 Å². The van der Waals surface area contributed by atoms with Crippen LogP contribution in [0.2, 0.25) is 0 Å². The van der Waals surface area contributed by atoms with Crippen LogP contribution in [-0.2, 0) is 0 Å². The first-order valence-corrected chi connectivity index (χ1v) is 16.9. The number of para-hydroxylation sites is 4. The first kappa shape index (κ1) is 25.7. The lowest BCUT2D eigenvalue weighted by Crippen LogP contribution is -1.83. The standard InChI is InChI=1S/C40H24N4S2/c1-2-12-32-31(11-1)41-39(42-32)27-9-5-7-23(19-27)25-15-17-29-35(21-25)45-38-30-18-16-26(22-36(30)46-37(29)38)24-8-6-10-28(20-24)40-43-33-13-3-4-14-34(33)44-40/h1-22H,(H,41,42)(H,43,44). The van der Waals surface area contributed by atoms with E-state index in [-0.39, 0.29) is 0 Å². The Balaban J connectivity index is 1.00. The third-order valence-corrected chi connectivity index (χ3v) is 11.3. The van der Waals surface area contributed by atoms with E-state index in [1.165, 1.54) is 51.8 Å². The number of rotatable bonds is 4. The molecule has 2 N–H and O–H groups in total. The van der Waals surface area contributed by atoms with Crippen LogP contribution in [0.25, 0.3) is 96.7 Å². The molecule has 0 aliphatic rings. The van der Waals surface area contributed by atoms with E-state index in [1.807, 2.05) is 59.1 Å². The Hall–Kier alpha value is -5.56. The molecule has 0 radical (unpaired) electrons. The van der Waals surface area contributed by atoms with Gasteiger partial charge in [0.1, 0.15) is 11.6 Å². The molecular formula is C40H24N4S2. The molecule has 0 saturated carbocycles. The van der Waals surface area contributed by atoms with Gasteiger partial charge in [0.2, 0.25) is 0 Å². The lowest BCUT2D eigenvalue weighted by molar-refractivity contribution is 1.34. The largest absolute Gasteiger partial charge is 0.338 e. The number of thiophene rings is 2. The van der Waals surface area contributed by atoms with Crippen LogP contribution in [0, 0.1) is 0 Å². The summed E-state index contributed by atoms with van der Waals surface area (Å²) >= 11 is 3.79. The van der Waals surface area contributed by atoms with E-state index in [2.05, 4.69) is 107 Å². The first-order chi connectivity index (χ1) is 22.7. The molecular weight excluding hydrogens is 601 g/mol. The van der Waals surface area contributed by atoms with Crippen LogP contribution in [0.4, 0.5) is 0 Å². The molecule has 10 rings (SSSR count).